The Hall–Kier alpha value is 0.682. The molecule has 0 aliphatic rings. The van der Waals surface area contributed by atoms with Crippen LogP contribution in [0.2, 0.25) is 0 Å². The monoisotopic (exact) mass is 897 g/mol. The molecule has 0 saturated carbocycles. The zero-order valence-corrected chi connectivity index (χ0v) is 37.8. The Kier molecular flexibility index (Phi) is 75.4. The average molecular weight is 897 g/mol. The van der Waals surface area contributed by atoms with Crippen LogP contribution < -0.4 is 0 Å². The molecular formula is C44H98O2U. The second-order valence-corrected chi connectivity index (χ2v) is 15.7. The molecule has 0 heterocycles. The smallest absolute Gasteiger partial charge is 0.378 e. The predicted octanol–water partition coefficient (Wildman–Crippen LogP) is 15.8. The molecule has 0 aliphatic carbocycles. The largest absolute Gasteiger partial charge is 4.00 e. The van der Waals surface area contributed by atoms with Gasteiger partial charge in [0.2, 0.25) is 0 Å². The van der Waals surface area contributed by atoms with Gasteiger partial charge in [0, 0.05) is 12.2 Å². The summed E-state index contributed by atoms with van der Waals surface area (Å²) in [4.78, 5) is 8.00. The van der Waals surface area contributed by atoms with Crippen molar-refractivity contribution in [3.63, 3.8) is 0 Å². The van der Waals surface area contributed by atoms with Crippen molar-refractivity contribution in [3.05, 3.63) is 25.7 Å². The number of hydrogen-bond acceptors (Lipinski definition) is 2. The van der Waals surface area contributed by atoms with Crippen molar-refractivity contribution in [3.8, 4) is 0 Å². The molecule has 0 unspecified atom stereocenters. The Morgan fingerprint density at radius 3 is 0.894 bits per heavy atom. The SMILES string of the molecule is C.C.C.C=O.CC(C)C[CH-]CC(C)C.CC(C)C[CH-]CC(C)C.CC(C)C[CH-]CC(C)C.CCCCOC(C)(C)C[CH-]CC(C)C.[U+4]. The van der Waals surface area contributed by atoms with Crippen molar-refractivity contribution in [2.45, 2.75) is 210 Å². The summed E-state index contributed by atoms with van der Waals surface area (Å²) in [5.41, 5.74) is 0.0318. The molecule has 0 fully saturated rings. The molecule has 0 aromatic carbocycles. The molecule has 290 valence electrons. The molecule has 0 saturated heterocycles. The molecular weight excluding hydrogens is 799 g/mol. The van der Waals surface area contributed by atoms with Crippen LogP contribution in [0.15, 0.2) is 0 Å². The van der Waals surface area contributed by atoms with E-state index >= 15 is 0 Å². The van der Waals surface area contributed by atoms with E-state index in [0.29, 0.717) is 0 Å². The van der Waals surface area contributed by atoms with Gasteiger partial charge in [0.25, 0.3) is 0 Å². The number of carbonyl (C=O) groups excluding carboxylic acids is 1. The van der Waals surface area contributed by atoms with E-state index in [4.69, 9.17) is 9.53 Å². The van der Waals surface area contributed by atoms with E-state index in [-0.39, 0.29) is 59.0 Å². The van der Waals surface area contributed by atoms with Crippen LogP contribution in [0.4, 0.5) is 0 Å². The molecule has 2 nitrogen and oxygen atoms in total. The van der Waals surface area contributed by atoms with Crippen molar-refractivity contribution in [2.75, 3.05) is 6.61 Å². The van der Waals surface area contributed by atoms with Gasteiger partial charge in [-0.2, -0.15) is 51.4 Å². The zero-order chi connectivity index (χ0) is 34.9. The van der Waals surface area contributed by atoms with Gasteiger partial charge in [-0.1, -0.05) is 174 Å². The van der Waals surface area contributed by atoms with Gasteiger partial charge in [0.15, 0.2) is 0 Å². The molecule has 0 aromatic heterocycles. The van der Waals surface area contributed by atoms with Crippen LogP contribution in [0.3, 0.4) is 0 Å². The first-order valence-electron chi connectivity index (χ1n) is 18.0. The Morgan fingerprint density at radius 2 is 0.702 bits per heavy atom. The van der Waals surface area contributed by atoms with E-state index < -0.39 is 0 Å². The second-order valence-electron chi connectivity index (χ2n) is 15.7. The number of ether oxygens (including phenoxy) is 1. The standard InChI is InChI=1S/C13H27O.3C9H19.CH2O.3CH4.U/c1-6-7-11-14-13(4,5)10-8-9-12(2)3;3*1-8(2)6-5-7-9(3)4;1-2;;;;/h8,12H,6-7,9-11H2,1-5H3;3*5,8-9H,6-7H2,1-4H3;1H2;3*1H4;/q4*-1;;;;;+4. The van der Waals surface area contributed by atoms with Crippen molar-refractivity contribution in [1.82, 2.24) is 0 Å². The van der Waals surface area contributed by atoms with Gasteiger partial charge in [-0.25, -0.2) is 0 Å². The third-order valence-corrected chi connectivity index (χ3v) is 6.09. The van der Waals surface area contributed by atoms with E-state index in [0.717, 1.165) is 54.5 Å². The fourth-order valence-electron chi connectivity index (χ4n) is 3.60. The first-order valence-corrected chi connectivity index (χ1v) is 18.0. The molecule has 0 rings (SSSR count). The molecule has 0 atom stereocenters. The average Bonchev–Trinajstić information content (AvgIpc) is 2.85. The number of carbonyl (C=O) groups is 1. The Bertz CT molecular complexity index is 414. The normalized spacial score (nSPS) is 10.3. The van der Waals surface area contributed by atoms with Gasteiger partial charge < -0.3 is 35.2 Å². The van der Waals surface area contributed by atoms with Crippen LogP contribution in [-0.2, 0) is 9.53 Å². The van der Waals surface area contributed by atoms with E-state index in [9.17, 15) is 0 Å². The van der Waals surface area contributed by atoms with Crippen LogP contribution in [0.1, 0.15) is 204 Å². The summed E-state index contributed by atoms with van der Waals surface area (Å²) in [5.74, 6) is 5.79. The molecule has 3 heteroatoms. The first-order chi connectivity index (χ1) is 19.9. The summed E-state index contributed by atoms with van der Waals surface area (Å²) in [7, 11) is 0. The van der Waals surface area contributed by atoms with Crippen LogP contribution in [-0.4, -0.2) is 19.0 Å². The van der Waals surface area contributed by atoms with Crippen molar-refractivity contribution < 1.29 is 40.6 Å². The Labute approximate surface area is 329 Å². The minimum atomic E-state index is 0. The van der Waals surface area contributed by atoms with Crippen LogP contribution >= 0.6 is 0 Å². The molecule has 0 bridgehead atoms. The van der Waals surface area contributed by atoms with Gasteiger partial charge in [-0.05, 0) is 20.3 Å². The third kappa shape index (κ3) is 92.9. The van der Waals surface area contributed by atoms with E-state index in [2.05, 4.69) is 143 Å². The summed E-state index contributed by atoms with van der Waals surface area (Å²) in [5, 5.41) is 0. The van der Waals surface area contributed by atoms with Gasteiger partial charge >= 0.3 is 31.1 Å². The zero-order valence-electron chi connectivity index (χ0n) is 33.7. The maximum atomic E-state index is 8.00. The minimum absolute atomic E-state index is 0. The molecule has 0 spiro atoms. The van der Waals surface area contributed by atoms with E-state index in [1.54, 1.807) is 0 Å². The predicted molar refractivity (Wildman–Crippen MR) is 220 cm³/mol. The molecule has 0 aliphatic heterocycles. The quantitative estimate of drug-likeness (QED) is 0.0899. The number of hydrogen-bond donors (Lipinski definition) is 0. The summed E-state index contributed by atoms with van der Waals surface area (Å²) < 4.78 is 5.82. The summed E-state index contributed by atoms with van der Waals surface area (Å²) in [6, 6.07) is 0. The Morgan fingerprint density at radius 1 is 0.489 bits per heavy atom. The third-order valence-electron chi connectivity index (χ3n) is 6.09. The maximum absolute atomic E-state index is 8.00. The second kappa shape index (κ2) is 51.1. The molecule has 0 amide bonds. The van der Waals surface area contributed by atoms with Gasteiger partial charge in [0.1, 0.15) is 6.79 Å². The molecule has 0 N–H and O–H groups in total. The Balaban J connectivity index is -0.0000000569. The van der Waals surface area contributed by atoms with Crippen molar-refractivity contribution >= 4 is 6.79 Å². The maximum Gasteiger partial charge on any atom is 4.00 e. The number of rotatable bonds is 20. The number of unbranched alkanes of at least 4 members (excludes halogenated alkanes) is 1. The van der Waals surface area contributed by atoms with E-state index in [1.807, 2.05) is 6.79 Å². The first kappa shape index (κ1) is 69.4. The van der Waals surface area contributed by atoms with Crippen LogP contribution in [0.25, 0.3) is 0 Å². The fourth-order valence-corrected chi connectivity index (χ4v) is 3.60. The van der Waals surface area contributed by atoms with Crippen molar-refractivity contribution in [1.29, 1.82) is 0 Å². The molecule has 47 heavy (non-hydrogen) atoms. The van der Waals surface area contributed by atoms with E-state index in [1.165, 1.54) is 57.8 Å². The minimum Gasteiger partial charge on any atom is -0.378 e. The van der Waals surface area contributed by atoms with Gasteiger partial charge in [0.05, 0.1) is 0 Å². The fraction of sp³-hybridized carbons (Fsp3) is 0.886. The summed E-state index contributed by atoms with van der Waals surface area (Å²) >= 11 is 0. The van der Waals surface area contributed by atoms with Gasteiger partial charge in [-0.15, -0.1) is 0 Å². The summed E-state index contributed by atoms with van der Waals surface area (Å²) in [6.07, 6.45) is 21.9. The topological polar surface area (TPSA) is 26.3 Å². The molecule has 0 radical (unpaired) electrons. The van der Waals surface area contributed by atoms with Crippen LogP contribution in [0, 0.1) is 98.2 Å². The summed E-state index contributed by atoms with van der Waals surface area (Å²) in [6.45, 7) is 41.1. The molecule has 0 aromatic rings. The van der Waals surface area contributed by atoms with Gasteiger partial charge in [-0.3, -0.25) is 0 Å². The van der Waals surface area contributed by atoms with Crippen LogP contribution in [0.5, 0.6) is 0 Å². The van der Waals surface area contributed by atoms with Crippen molar-refractivity contribution in [2.24, 2.45) is 41.4 Å².